The molecular weight excluding hydrogens is 201 g/mol. The maximum atomic E-state index is 12.1. The van der Waals surface area contributed by atoms with Crippen LogP contribution in [0, 0.1) is 0 Å². The van der Waals surface area contributed by atoms with E-state index in [1.165, 1.54) is 0 Å². The smallest absolute Gasteiger partial charge is 0.382 e. The van der Waals surface area contributed by atoms with Crippen LogP contribution in [0.4, 0.5) is 19.0 Å². The summed E-state index contributed by atoms with van der Waals surface area (Å²) >= 11 is 0. The van der Waals surface area contributed by atoms with Gasteiger partial charge in [-0.25, -0.2) is 9.97 Å². The molecule has 4 N–H and O–H groups in total. The number of nitrogens with two attached hydrogens (primary N) is 2. The number of carbonyl (C=O) groups excluding carboxylic acids is 1. The molecule has 1 aromatic rings. The van der Waals surface area contributed by atoms with Gasteiger partial charge < -0.3 is 11.5 Å². The highest BCUT2D eigenvalue weighted by atomic mass is 19.4. The predicted molar refractivity (Wildman–Crippen MR) is 40.0 cm³/mol. The lowest BCUT2D eigenvalue weighted by atomic mass is 10.3. The van der Waals surface area contributed by atoms with E-state index in [4.69, 9.17) is 11.5 Å². The Hall–Kier alpha value is -1.86. The molecule has 5 nitrogen and oxygen atoms in total. The fraction of sp³-hybridized carbons (Fsp3) is 0.167. The molecule has 0 aliphatic rings. The summed E-state index contributed by atoms with van der Waals surface area (Å²) in [5.74, 6) is -1.58. The monoisotopic (exact) mass is 206 g/mol. The zero-order valence-electron chi connectivity index (χ0n) is 6.67. The molecule has 0 unspecified atom stereocenters. The maximum absolute atomic E-state index is 12.1. The van der Waals surface area contributed by atoms with Crippen LogP contribution in [0.2, 0.25) is 0 Å². The molecule has 1 aromatic heterocycles. The van der Waals surface area contributed by atoms with Gasteiger partial charge in [-0.05, 0) is 0 Å². The van der Waals surface area contributed by atoms with Gasteiger partial charge in [0.05, 0.1) is 6.20 Å². The largest absolute Gasteiger partial charge is 0.434 e. The number of nitrogen functional groups attached to an aromatic ring is 1. The Morgan fingerprint density at radius 1 is 1.43 bits per heavy atom. The van der Waals surface area contributed by atoms with Crippen molar-refractivity contribution in [2.24, 2.45) is 5.73 Å². The van der Waals surface area contributed by atoms with Gasteiger partial charge in [0, 0.05) is 0 Å². The molecule has 0 atom stereocenters. The first kappa shape index (κ1) is 10.2. The average molecular weight is 206 g/mol. The molecule has 0 aliphatic carbocycles. The van der Waals surface area contributed by atoms with Crippen molar-refractivity contribution >= 4 is 11.7 Å². The highest BCUT2D eigenvalue weighted by molar-refractivity contribution is 5.94. The van der Waals surface area contributed by atoms with Gasteiger partial charge in [0.15, 0.2) is 17.2 Å². The van der Waals surface area contributed by atoms with Gasteiger partial charge in [-0.1, -0.05) is 0 Å². The molecule has 0 bridgehead atoms. The van der Waals surface area contributed by atoms with E-state index in [0.717, 1.165) is 0 Å². The first-order valence-electron chi connectivity index (χ1n) is 3.32. The molecule has 0 saturated heterocycles. The summed E-state index contributed by atoms with van der Waals surface area (Å²) in [5.41, 5.74) is 7.84. The Bertz CT molecular complexity index is 376. The lowest BCUT2D eigenvalue weighted by molar-refractivity contribution is -0.141. The van der Waals surface area contributed by atoms with Crippen molar-refractivity contribution in [1.29, 1.82) is 0 Å². The molecule has 1 amide bonds. The van der Waals surface area contributed by atoms with E-state index in [1.54, 1.807) is 0 Å². The quantitative estimate of drug-likeness (QED) is 0.684. The van der Waals surface area contributed by atoms with Crippen molar-refractivity contribution in [2.75, 3.05) is 5.73 Å². The van der Waals surface area contributed by atoms with E-state index in [9.17, 15) is 18.0 Å². The van der Waals surface area contributed by atoms with Gasteiger partial charge in [-0.2, -0.15) is 13.2 Å². The second-order valence-corrected chi connectivity index (χ2v) is 2.35. The van der Waals surface area contributed by atoms with E-state index >= 15 is 0 Å². The van der Waals surface area contributed by atoms with Crippen molar-refractivity contribution in [3.8, 4) is 0 Å². The molecule has 0 saturated carbocycles. The minimum Gasteiger partial charge on any atom is -0.382 e. The first-order valence-corrected chi connectivity index (χ1v) is 3.32. The van der Waals surface area contributed by atoms with E-state index in [1.807, 2.05) is 0 Å². The number of hydrogen-bond acceptors (Lipinski definition) is 4. The van der Waals surface area contributed by atoms with Crippen LogP contribution in [0.25, 0.3) is 0 Å². The first-order chi connectivity index (χ1) is 6.32. The standard InChI is InChI=1S/C6H5F3N4O/c7-6(8,9)2-1-12-4(10)3(13-2)5(11)14/h1H,(H2,10,12)(H2,11,14). The molecular formula is C6H5F3N4O. The molecule has 8 heteroatoms. The number of hydrogen-bond donors (Lipinski definition) is 2. The summed E-state index contributed by atoms with van der Waals surface area (Å²) in [6, 6.07) is 0. The number of anilines is 1. The Labute approximate surface area is 75.9 Å². The van der Waals surface area contributed by atoms with Gasteiger partial charge in [0.25, 0.3) is 5.91 Å². The normalized spacial score (nSPS) is 11.4. The van der Waals surface area contributed by atoms with Crippen molar-refractivity contribution in [3.05, 3.63) is 17.6 Å². The fourth-order valence-electron chi connectivity index (χ4n) is 0.716. The van der Waals surface area contributed by atoms with Crippen LogP contribution in [0.1, 0.15) is 16.2 Å². The van der Waals surface area contributed by atoms with Crippen LogP contribution in [-0.4, -0.2) is 15.9 Å². The number of nitrogens with zero attached hydrogens (tertiary/aromatic N) is 2. The summed E-state index contributed by atoms with van der Waals surface area (Å²) in [7, 11) is 0. The number of primary amides is 1. The van der Waals surface area contributed by atoms with Crippen LogP contribution in [-0.2, 0) is 6.18 Å². The van der Waals surface area contributed by atoms with Crippen LogP contribution in [0.5, 0.6) is 0 Å². The van der Waals surface area contributed by atoms with E-state index in [-0.39, 0.29) is 0 Å². The van der Waals surface area contributed by atoms with Crippen molar-refractivity contribution in [2.45, 2.75) is 6.18 Å². The molecule has 1 rings (SSSR count). The third-order valence-electron chi connectivity index (χ3n) is 1.32. The summed E-state index contributed by atoms with van der Waals surface area (Å²) in [5, 5.41) is 0. The lowest BCUT2D eigenvalue weighted by Crippen LogP contribution is -2.20. The van der Waals surface area contributed by atoms with Crippen molar-refractivity contribution < 1.29 is 18.0 Å². The number of rotatable bonds is 1. The second-order valence-electron chi connectivity index (χ2n) is 2.35. The molecule has 0 aromatic carbocycles. The molecule has 0 fully saturated rings. The molecule has 0 radical (unpaired) electrons. The van der Waals surface area contributed by atoms with E-state index in [0.29, 0.717) is 6.20 Å². The SMILES string of the molecule is NC(=O)c1nc(C(F)(F)F)cnc1N. The summed E-state index contributed by atoms with van der Waals surface area (Å²) in [4.78, 5) is 16.7. The van der Waals surface area contributed by atoms with Crippen molar-refractivity contribution in [3.63, 3.8) is 0 Å². The van der Waals surface area contributed by atoms with Gasteiger partial charge in [0.1, 0.15) is 0 Å². The highest BCUT2D eigenvalue weighted by Gasteiger charge is 2.34. The van der Waals surface area contributed by atoms with Crippen LogP contribution >= 0.6 is 0 Å². The number of amides is 1. The number of carbonyl (C=O) groups is 1. The minimum atomic E-state index is -4.68. The Morgan fingerprint density at radius 2 is 2.00 bits per heavy atom. The lowest BCUT2D eigenvalue weighted by Gasteiger charge is -2.06. The summed E-state index contributed by atoms with van der Waals surface area (Å²) in [6.45, 7) is 0. The van der Waals surface area contributed by atoms with Crippen LogP contribution < -0.4 is 11.5 Å². The maximum Gasteiger partial charge on any atom is 0.434 e. The van der Waals surface area contributed by atoms with Crippen LogP contribution in [0.3, 0.4) is 0 Å². The molecule has 76 valence electrons. The minimum absolute atomic E-state index is 0.425. The topological polar surface area (TPSA) is 94.9 Å². The highest BCUT2D eigenvalue weighted by Crippen LogP contribution is 2.27. The third kappa shape index (κ3) is 1.90. The van der Waals surface area contributed by atoms with Gasteiger partial charge in [-0.15, -0.1) is 0 Å². The van der Waals surface area contributed by atoms with E-state index < -0.39 is 29.3 Å². The van der Waals surface area contributed by atoms with Gasteiger partial charge in [0.2, 0.25) is 0 Å². The zero-order valence-corrected chi connectivity index (χ0v) is 6.67. The average Bonchev–Trinajstić information content (AvgIpc) is 2.02. The Morgan fingerprint density at radius 3 is 2.43 bits per heavy atom. The summed E-state index contributed by atoms with van der Waals surface area (Å²) < 4.78 is 36.2. The number of aromatic nitrogens is 2. The van der Waals surface area contributed by atoms with Gasteiger partial charge in [-0.3, -0.25) is 4.79 Å². The molecule has 1 heterocycles. The Kier molecular flexibility index (Phi) is 2.28. The van der Waals surface area contributed by atoms with Gasteiger partial charge >= 0.3 is 6.18 Å². The van der Waals surface area contributed by atoms with E-state index in [2.05, 4.69) is 9.97 Å². The van der Waals surface area contributed by atoms with Crippen LogP contribution in [0.15, 0.2) is 6.20 Å². The third-order valence-corrected chi connectivity index (χ3v) is 1.32. The second kappa shape index (κ2) is 3.13. The molecule has 14 heavy (non-hydrogen) atoms. The Balaban J connectivity index is 3.27. The molecule has 0 aliphatic heterocycles. The molecule has 0 spiro atoms. The fourth-order valence-corrected chi connectivity index (χ4v) is 0.716. The zero-order chi connectivity index (χ0) is 10.9. The summed E-state index contributed by atoms with van der Waals surface area (Å²) in [6.07, 6.45) is -4.24. The predicted octanol–water partition coefficient (Wildman–Crippen LogP) is 0.177. The van der Waals surface area contributed by atoms with Crippen molar-refractivity contribution in [1.82, 2.24) is 9.97 Å². The number of alkyl halides is 3. The number of halogens is 3.